The maximum absolute atomic E-state index is 13.2. The lowest BCUT2D eigenvalue weighted by atomic mass is 10.0. The van der Waals surface area contributed by atoms with Gasteiger partial charge in [0, 0.05) is 35.4 Å². The van der Waals surface area contributed by atoms with Crippen LogP contribution in [0, 0.1) is 0 Å². The Morgan fingerprint density at radius 2 is 2.03 bits per heavy atom. The Labute approximate surface area is 180 Å². The molecule has 0 spiro atoms. The maximum Gasteiger partial charge on any atom is 0.435 e. The summed E-state index contributed by atoms with van der Waals surface area (Å²) in [6, 6.07) is 8.98. The number of aromatic amines is 1. The summed E-state index contributed by atoms with van der Waals surface area (Å²) >= 11 is 6.31. The number of nitrogens with one attached hydrogen (secondary N) is 1. The molecule has 0 radical (unpaired) electrons. The number of aromatic nitrogens is 6. The fourth-order valence-electron chi connectivity index (χ4n) is 4.08. The Morgan fingerprint density at radius 1 is 1.16 bits per heavy atom. The Balaban J connectivity index is 1.40. The molecule has 1 atom stereocenters. The molecule has 0 amide bonds. The number of halogens is 4. The van der Waals surface area contributed by atoms with Crippen LogP contribution in [0.25, 0.3) is 22.6 Å². The molecule has 6 nitrogen and oxygen atoms in total. The summed E-state index contributed by atoms with van der Waals surface area (Å²) in [7, 11) is 0. The highest BCUT2D eigenvalue weighted by Gasteiger charge is 2.37. The van der Waals surface area contributed by atoms with Crippen molar-refractivity contribution < 1.29 is 13.2 Å². The van der Waals surface area contributed by atoms with Gasteiger partial charge >= 0.3 is 6.18 Å². The number of alkyl halides is 3. The van der Waals surface area contributed by atoms with E-state index in [9.17, 15) is 13.2 Å². The van der Waals surface area contributed by atoms with Gasteiger partial charge in [0.05, 0.1) is 12.0 Å². The largest absolute Gasteiger partial charge is 0.435 e. The molecule has 0 unspecified atom stereocenters. The minimum atomic E-state index is -4.58. The van der Waals surface area contributed by atoms with Crippen LogP contribution in [0.4, 0.5) is 13.2 Å². The van der Waals surface area contributed by atoms with E-state index in [1.807, 2.05) is 28.0 Å². The second-order valence-corrected chi connectivity index (χ2v) is 7.87. The molecular weight excluding hydrogens is 429 g/mol. The van der Waals surface area contributed by atoms with E-state index in [-0.39, 0.29) is 11.3 Å². The number of imidazole rings is 1. The Kier molecular flexibility index (Phi) is 4.77. The molecule has 0 fully saturated rings. The normalized spacial score (nSPS) is 15.9. The fourth-order valence-corrected chi connectivity index (χ4v) is 4.35. The minimum absolute atomic E-state index is 0.264. The maximum atomic E-state index is 13.2. The average molecular weight is 445 g/mol. The molecule has 0 saturated heterocycles. The molecular formula is C21H16ClF3N6. The van der Waals surface area contributed by atoms with Gasteiger partial charge in [-0.25, -0.2) is 4.98 Å². The van der Waals surface area contributed by atoms with Crippen LogP contribution in [0.3, 0.4) is 0 Å². The number of hydrogen-bond donors (Lipinski definition) is 1. The highest BCUT2D eigenvalue weighted by molar-refractivity contribution is 6.31. The molecule has 1 aliphatic carbocycles. The zero-order valence-corrected chi connectivity index (χ0v) is 16.8. The number of hydrogen-bond acceptors (Lipinski definition) is 4. The molecule has 10 heteroatoms. The lowest BCUT2D eigenvalue weighted by Gasteiger charge is -2.12. The van der Waals surface area contributed by atoms with E-state index in [0.717, 1.165) is 24.4 Å². The monoisotopic (exact) mass is 444 g/mol. The minimum Gasteiger partial charge on any atom is -0.336 e. The van der Waals surface area contributed by atoms with E-state index in [0.29, 0.717) is 17.3 Å². The molecule has 1 N–H and O–H groups in total. The lowest BCUT2D eigenvalue weighted by molar-refractivity contribution is -0.140. The smallest absolute Gasteiger partial charge is 0.336 e. The van der Waals surface area contributed by atoms with E-state index >= 15 is 0 Å². The summed E-state index contributed by atoms with van der Waals surface area (Å²) < 4.78 is 41.5. The zero-order valence-electron chi connectivity index (χ0n) is 16.1. The van der Waals surface area contributed by atoms with Crippen LogP contribution in [-0.4, -0.2) is 29.9 Å². The standard InChI is InChI=1S/C21H16ClF3N6/c22-16-3-1-2-14-13(4-5-15(14)16)9-31-10-18(27-11-31)17-8-12(6-7-26-17)19-20(21(23,24)25)29-30-28-19/h1-3,6-8,10-11,13H,4-5,9H2,(H,28,29,30)/t13-/m0/s1. The van der Waals surface area contributed by atoms with Gasteiger partial charge in [-0.2, -0.15) is 13.2 Å². The number of pyridine rings is 1. The third kappa shape index (κ3) is 3.69. The van der Waals surface area contributed by atoms with Crippen molar-refractivity contribution in [1.29, 1.82) is 0 Å². The van der Waals surface area contributed by atoms with Crippen LogP contribution in [0.1, 0.15) is 29.2 Å². The first-order valence-corrected chi connectivity index (χ1v) is 10.0. The van der Waals surface area contributed by atoms with Gasteiger partial charge in [-0.1, -0.05) is 28.9 Å². The van der Waals surface area contributed by atoms with E-state index in [4.69, 9.17) is 11.6 Å². The fraction of sp³-hybridized carbons (Fsp3) is 0.238. The summed E-state index contributed by atoms with van der Waals surface area (Å²) in [5, 5.41) is 9.64. The highest BCUT2D eigenvalue weighted by Crippen LogP contribution is 2.38. The van der Waals surface area contributed by atoms with Crippen molar-refractivity contribution in [3.05, 3.63) is 70.9 Å². The van der Waals surface area contributed by atoms with Gasteiger partial charge < -0.3 is 4.57 Å². The van der Waals surface area contributed by atoms with Gasteiger partial charge in [0.2, 0.25) is 0 Å². The molecule has 1 aliphatic rings. The quantitative estimate of drug-likeness (QED) is 0.473. The lowest BCUT2D eigenvalue weighted by Crippen LogP contribution is -2.07. The van der Waals surface area contributed by atoms with Crippen LogP contribution in [0.5, 0.6) is 0 Å². The van der Waals surface area contributed by atoms with Crippen molar-refractivity contribution in [1.82, 2.24) is 29.9 Å². The number of H-pyrrole nitrogens is 1. The summed E-state index contributed by atoms with van der Waals surface area (Å²) in [4.78, 5) is 8.68. The first kappa shape index (κ1) is 19.7. The predicted octanol–water partition coefficient (Wildman–Crippen LogP) is 5.13. The van der Waals surface area contributed by atoms with Crippen molar-refractivity contribution in [2.75, 3.05) is 0 Å². The molecule has 3 aromatic heterocycles. The SMILES string of the molecule is FC(F)(F)c1[nH]nnc1-c1ccnc(-c2cn(C[C@@H]3CCc4c(Cl)cccc43)cn2)c1. The number of benzene rings is 1. The van der Waals surface area contributed by atoms with E-state index < -0.39 is 11.9 Å². The van der Waals surface area contributed by atoms with Gasteiger partial charge in [-0.15, -0.1) is 5.10 Å². The molecule has 3 heterocycles. The second-order valence-electron chi connectivity index (χ2n) is 7.46. The molecule has 158 valence electrons. The predicted molar refractivity (Wildman–Crippen MR) is 108 cm³/mol. The van der Waals surface area contributed by atoms with Crippen LogP contribution < -0.4 is 0 Å². The molecule has 4 aromatic rings. The van der Waals surface area contributed by atoms with Gasteiger partial charge in [-0.3, -0.25) is 10.1 Å². The molecule has 0 bridgehead atoms. The summed E-state index contributed by atoms with van der Waals surface area (Å²) in [5.41, 5.74) is 2.50. The molecule has 31 heavy (non-hydrogen) atoms. The van der Waals surface area contributed by atoms with E-state index in [1.165, 1.54) is 29.5 Å². The van der Waals surface area contributed by atoms with Crippen LogP contribution in [-0.2, 0) is 19.1 Å². The van der Waals surface area contributed by atoms with Gasteiger partial charge in [0.15, 0.2) is 5.69 Å². The molecule has 5 rings (SSSR count). The van der Waals surface area contributed by atoms with Gasteiger partial charge in [-0.05, 0) is 42.2 Å². The van der Waals surface area contributed by atoms with E-state index in [2.05, 4.69) is 26.3 Å². The van der Waals surface area contributed by atoms with Gasteiger partial charge in [0.25, 0.3) is 0 Å². The summed E-state index contributed by atoms with van der Waals surface area (Å²) in [6.45, 7) is 0.738. The summed E-state index contributed by atoms with van der Waals surface area (Å²) in [6.07, 6.45) is 2.38. The number of nitrogens with zero attached hydrogens (tertiary/aromatic N) is 5. The van der Waals surface area contributed by atoms with Crippen LogP contribution in [0.2, 0.25) is 5.02 Å². The summed E-state index contributed by atoms with van der Waals surface area (Å²) in [5.74, 6) is 0.333. The Morgan fingerprint density at radius 3 is 2.87 bits per heavy atom. The van der Waals surface area contributed by atoms with Crippen molar-refractivity contribution in [3.8, 4) is 22.6 Å². The average Bonchev–Trinajstić information content (AvgIpc) is 3.48. The van der Waals surface area contributed by atoms with Crippen molar-refractivity contribution in [3.63, 3.8) is 0 Å². The van der Waals surface area contributed by atoms with Crippen LogP contribution in [0.15, 0.2) is 49.1 Å². The van der Waals surface area contributed by atoms with Crippen molar-refractivity contribution in [2.24, 2.45) is 0 Å². The number of fused-ring (bicyclic) bond motifs is 1. The topological polar surface area (TPSA) is 72.3 Å². The van der Waals surface area contributed by atoms with Gasteiger partial charge in [0.1, 0.15) is 11.4 Å². The molecule has 1 aromatic carbocycles. The number of rotatable bonds is 4. The Hall–Kier alpha value is -3.20. The third-order valence-corrected chi connectivity index (χ3v) is 5.88. The second kappa shape index (κ2) is 7.49. The highest BCUT2D eigenvalue weighted by atomic mass is 35.5. The zero-order chi connectivity index (χ0) is 21.6. The van der Waals surface area contributed by atoms with Crippen LogP contribution >= 0.6 is 11.6 Å². The first-order chi connectivity index (χ1) is 14.9. The van der Waals surface area contributed by atoms with Crippen molar-refractivity contribution in [2.45, 2.75) is 31.5 Å². The van der Waals surface area contributed by atoms with Crippen molar-refractivity contribution >= 4 is 11.6 Å². The third-order valence-electron chi connectivity index (χ3n) is 5.53. The molecule has 0 aliphatic heterocycles. The first-order valence-electron chi connectivity index (χ1n) is 9.64. The Bertz CT molecular complexity index is 1250. The van der Waals surface area contributed by atoms with E-state index in [1.54, 1.807) is 6.33 Å². The molecule has 0 saturated carbocycles.